The molecule has 0 unspecified atom stereocenters. The Morgan fingerprint density at radius 1 is 1.40 bits per heavy atom. The molecule has 15 heavy (non-hydrogen) atoms. The van der Waals surface area contributed by atoms with Gasteiger partial charge in [-0.3, -0.25) is 0 Å². The summed E-state index contributed by atoms with van der Waals surface area (Å²) in [6.45, 7) is 12.6. The zero-order valence-corrected chi connectivity index (χ0v) is 11.3. The molecule has 0 heterocycles. The number of hydrogen-bond acceptors (Lipinski definition) is 2. The average molecular weight is 226 g/mol. The minimum absolute atomic E-state index is 0.209. The number of hydrogen-bond donors (Lipinski definition) is 0. The second kappa shape index (κ2) is 6.61. The Bertz CT molecular complexity index is 254. The van der Waals surface area contributed by atoms with Gasteiger partial charge in [0, 0.05) is 6.08 Å². The summed E-state index contributed by atoms with van der Waals surface area (Å²) in [6, 6.07) is 1.01. The van der Waals surface area contributed by atoms with Crippen molar-refractivity contribution in [3.8, 4) is 0 Å². The zero-order valence-electron chi connectivity index (χ0n) is 10.3. The van der Waals surface area contributed by atoms with Crippen LogP contribution in [0.1, 0.15) is 20.3 Å². The summed E-state index contributed by atoms with van der Waals surface area (Å²) in [4.78, 5) is 11.4. The lowest BCUT2D eigenvalue weighted by Gasteiger charge is -2.23. The van der Waals surface area contributed by atoms with E-state index in [0.717, 1.165) is 12.5 Å². The lowest BCUT2D eigenvalue weighted by molar-refractivity contribution is -0.137. The maximum atomic E-state index is 11.4. The van der Waals surface area contributed by atoms with Gasteiger partial charge in [0.2, 0.25) is 0 Å². The lowest BCUT2D eigenvalue weighted by Crippen LogP contribution is -2.28. The summed E-state index contributed by atoms with van der Waals surface area (Å²) in [5.74, 6) is -0.209. The van der Waals surface area contributed by atoms with E-state index in [9.17, 15) is 4.79 Å². The Morgan fingerprint density at radius 2 is 2.00 bits per heavy atom. The molecule has 0 atom stereocenters. The molecule has 3 heteroatoms. The highest BCUT2D eigenvalue weighted by atomic mass is 28.3. The molecular formula is C12H22O2Si. The highest BCUT2D eigenvalue weighted by Crippen LogP contribution is 2.22. The molecule has 0 amide bonds. The molecule has 0 aromatic rings. The fraction of sp³-hybridized carbons (Fsp3) is 0.583. The van der Waals surface area contributed by atoms with E-state index >= 15 is 0 Å². The van der Waals surface area contributed by atoms with E-state index in [1.54, 1.807) is 6.08 Å². The Balaban J connectivity index is 4.73. The van der Waals surface area contributed by atoms with Crippen molar-refractivity contribution in [3.05, 3.63) is 23.9 Å². The number of carbonyl (C=O) groups is 1. The van der Waals surface area contributed by atoms with Crippen molar-refractivity contribution in [1.82, 2.24) is 0 Å². The summed E-state index contributed by atoms with van der Waals surface area (Å²) in [7, 11) is -1.48. The Kier molecular flexibility index (Phi) is 6.25. The SMILES string of the molecule is C=CC[Si](C)(C)/C(=C\C(=O)OCC)CC. The van der Waals surface area contributed by atoms with Crippen molar-refractivity contribution >= 4 is 14.0 Å². The first-order valence-electron chi connectivity index (χ1n) is 5.46. The van der Waals surface area contributed by atoms with E-state index in [-0.39, 0.29) is 5.97 Å². The third-order valence-electron chi connectivity index (χ3n) is 2.48. The second-order valence-electron chi connectivity index (χ2n) is 4.15. The topological polar surface area (TPSA) is 26.3 Å². The van der Waals surface area contributed by atoms with Crippen molar-refractivity contribution in [2.24, 2.45) is 0 Å². The van der Waals surface area contributed by atoms with Gasteiger partial charge in [0.1, 0.15) is 0 Å². The standard InChI is InChI=1S/C12H22O2Si/c1-6-9-15(4,5)11(7-2)10-12(13)14-8-3/h6,10H,1,7-9H2,2-5H3/b11-10-. The molecule has 0 bridgehead atoms. The zero-order chi connectivity index (χ0) is 11.9. The van der Waals surface area contributed by atoms with Crippen molar-refractivity contribution in [2.45, 2.75) is 39.4 Å². The van der Waals surface area contributed by atoms with Gasteiger partial charge in [-0.25, -0.2) is 4.79 Å². The van der Waals surface area contributed by atoms with E-state index in [2.05, 4.69) is 26.6 Å². The molecule has 0 saturated carbocycles. The summed E-state index contributed by atoms with van der Waals surface area (Å²) in [5, 5.41) is 1.25. The molecule has 0 radical (unpaired) electrons. The highest BCUT2D eigenvalue weighted by molar-refractivity contribution is 6.84. The van der Waals surface area contributed by atoms with Crippen molar-refractivity contribution in [1.29, 1.82) is 0 Å². The number of allylic oxidation sites excluding steroid dienone is 2. The molecule has 0 aliphatic rings. The van der Waals surface area contributed by atoms with E-state index in [1.165, 1.54) is 5.20 Å². The molecule has 0 aromatic heterocycles. The van der Waals surface area contributed by atoms with Gasteiger partial charge in [0.25, 0.3) is 0 Å². The summed E-state index contributed by atoms with van der Waals surface area (Å²) in [5.41, 5.74) is 0. The maximum absolute atomic E-state index is 11.4. The fourth-order valence-corrected chi connectivity index (χ4v) is 4.04. The predicted molar refractivity (Wildman–Crippen MR) is 67.5 cm³/mol. The Hall–Kier alpha value is -0.833. The lowest BCUT2D eigenvalue weighted by atomic mass is 10.4. The minimum atomic E-state index is -1.48. The fourth-order valence-electron chi connectivity index (χ4n) is 1.59. The Labute approximate surface area is 94.0 Å². The minimum Gasteiger partial charge on any atom is -0.463 e. The third kappa shape index (κ3) is 4.97. The second-order valence-corrected chi connectivity index (χ2v) is 8.97. The summed E-state index contributed by atoms with van der Waals surface area (Å²) >= 11 is 0. The van der Waals surface area contributed by atoms with Gasteiger partial charge in [-0.2, -0.15) is 0 Å². The molecule has 0 rings (SSSR count). The highest BCUT2D eigenvalue weighted by Gasteiger charge is 2.23. The molecule has 86 valence electrons. The van der Waals surface area contributed by atoms with Gasteiger partial charge >= 0.3 is 5.97 Å². The molecule has 0 aromatic carbocycles. The van der Waals surface area contributed by atoms with Gasteiger partial charge in [0.05, 0.1) is 14.7 Å². The molecule has 0 aliphatic heterocycles. The first kappa shape index (κ1) is 14.2. The molecule has 0 fully saturated rings. The van der Waals surface area contributed by atoms with Crippen molar-refractivity contribution < 1.29 is 9.53 Å². The number of rotatable bonds is 6. The summed E-state index contributed by atoms with van der Waals surface area (Å²) in [6.07, 6.45) is 4.55. The summed E-state index contributed by atoms with van der Waals surface area (Å²) < 4.78 is 4.93. The molecular weight excluding hydrogens is 204 g/mol. The van der Waals surface area contributed by atoms with Crippen molar-refractivity contribution in [3.63, 3.8) is 0 Å². The normalized spacial score (nSPS) is 12.4. The van der Waals surface area contributed by atoms with Crippen LogP contribution in [-0.4, -0.2) is 20.7 Å². The van der Waals surface area contributed by atoms with Gasteiger partial charge in [0.15, 0.2) is 0 Å². The number of carbonyl (C=O) groups excluding carboxylic acids is 1. The van der Waals surface area contributed by atoms with E-state index in [1.807, 2.05) is 13.0 Å². The number of esters is 1. The van der Waals surface area contributed by atoms with E-state index in [0.29, 0.717) is 6.61 Å². The molecule has 0 spiro atoms. The maximum Gasteiger partial charge on any atom is 0.330 e. The van der Waals surface area contributed by atoms with Crippen LogP contribution in [0.2, 0.25) is 19.1 Å². The van der Waals surface area contributed by atoms with Crippen LogP contribution in [0.25, 0.3) is 0 Å². The van der Waals surface area contributed by atoms with Gasteiger partial charge < -0.3 is 4.74 Å². The van der Waals surface area contributed by atoms with Crippen LogP contribution in [-0.2, 0) is 9.53 Å². The van der Waals surface area contributed by atoms with Crippen LogP contribution in [0.3, 0.4) is 0 Å². The molecule has 2 nitrogen and oxygen atoms in total. The third-order valence-corrected chi connectivity index (χ3v) is 6.03. The van der Waals surface area contributed by atoms with Gasteiger partial charge in [-0.05, 0) is 19.4 Å². The van der Waals surface area contributed by atoms with Crippen LogP contribution in [0.15, 0.2) is 23.9 Å². The van der Waals surface area contributed by atoms with E-state index in [4.69, 9.17) is 4.74 Å². The molecule has 0 N–H and O–H groups in total. The first-order chi connectivity index (χ1) is 6.97. The average Bonchev–Trinajstić information content (AvgIpc) is 2.14. The van der Waals surface area contributed by atoms with Crippen LogP contribution in [0, 0.1) is 0 Å². The van der Waals surface area contributed by atoms with Gasteiger partial charge in [-0.1, -0.05) is 31.3 Å². The quantitative estimate of drug-likeness (QED) is 0.300. The first-order valence-corrected chi connectivity index (χ1v) is 8.67. The molecule has 0 aliphatic carbocycles. The van der Waals surface area contributed by atoms with Crippen LogP contribution < -0.4 is 0 Å². The van der Waals surface area contributed by atoms with Crippen molar-refractivity contribution in [2.75, 3.05) is 6.61 Å². The monoisotopic (exact) mass is 226 g/mol. The predicted octanol–water partition coefficient (Wildman–Crippen LogP) is 3.32. The van der Waals surface area contributed by atoms with Crippen LogP contribution in [0.4, 0.5) is 0 Å². The van der Waals surface area contributed by atoms with E-state index < -0.39 is 8.07 Å². The number of ether oxygens (including phenoxy) is 1. The Morgan fingerprint density at radius 3 is 2.40 bits per heavy atom. The molecule has 0 saturated heterocycles. The van der Waals surface area contributed by atoms with Crippen LogP contribution in [0.5, 0.6) is 0 Å². The van der Waals surface area contributed by atoms with Gasteiger partial charge in [-0.15, -0.1) is 6.58 Å². The van der Waals surface area contributed by atoms with Crippen LogP contribution >= 0.6 is 0 Å². The largest absolute Gasteiger partial charge is 0.463 e. The smallest absolute Gasteiger partial charge is 0.330 e.